The van der Waals surface area contributed by atoms with Gasteiger partial charge in [0.1, 0.15) is 5.75 Å². The number of hydrogen-bond donors (Lipinski definition) is 2. The van der Waals surface area contributed by atoms with Gasteiger partial charge in [0.25, 0.3) is 0 Å². The summed E-state index contributed by atoms with van der Waals surface area (Å²) in [4.78, 5) is 4.41. The number of benzene rings is 1. The summed E-state index contributed by atoms with van der Waals surface area (Å²) < 4.78 is 7.52. The standard InChI is InChI=1S/C13H11BrN4OS2/c1-19-9-5-3-2-4-8(9)15-12-16-13(18-17-12)21-11-7-6-10(14)20-11/h2-7H,1H3,(H2,15,16,17,18). The van der Waals surface area contributed by atoms with Gasteiger partial charge in [-0.15, -0.1) is 16.4 Å². The van der Waals surface area contributed by atoms with E-state index in [1.165, 1.54) is 11.8 Å². The van der Waals surface area contributed by atoms with Gasteiger partial charge in [0.05, 0.1) is 20.8 Å². The van der Waals surface area contributed by atoms with Gasteiger partial charge in [-0.25, -0.2) is 0 Å². The number of hydrogen-bond acceptors (Lipinski definition) is 6. The number of rotatable bonds is 5. The molecule has 0 atom stereocenters. The number of aromatic amines is 1. The molecule has 0 saturated carbocycles. The van der Waals surface area contributed by atoms with Gasteiger partial charge in [-0.2, -0.15) is 4.98 Å². The number of anilines is 2. The number of nitrogens with zero attached hydrogens (tertiary/aromatic N) is 2. The Bertz CT molecular complexity index is 743. The zero-order chi connectivity index (χ0) is 14.7. The van der Waals surface area contributed by atoms with Gasteiger partial charge >= 0.3 is 0 Å². The minimum Gasteiger partial charge on any atom is -0.495 e. The highest BCUT2D eigenvalue weighted by Crippen LogP contribution is 2.34. The zero-order valence-corrected chi connectivity index (χ0v) is 14.2. The summed E-state index contributed by atoms with van der Waals surface area (Å²) in [6.07, 6.45) is 0. The monoisotopic (exact) mass is 382 g/mol. The molecule has 0 bridgehead atoms. The second-order valence-corrected chi connectivity index (χ2v) is 7.70. The number of ether oxygens (including phenoxy) is 1. The van der Waals surface area contributed by atoms with Gasteiger partial charge in [-0.3, -0.25) is 5.10 Å². The second kappa shape index (κ2) is 6.50. The summed E-state index contributed by atoms with van der Waals surface area (Å²) in [5.74, 6) is 1.26. The predicted molar refractivity (Wildman–Crippen MR) is 88.8 cm³/mol. The van der Waals surface area contributed by atoms with Crippen molar-refractivity contribution in [2.75, 3.05) is 12.4 Å². The minimum absolute atomic E-state index is 0.512. The van der Waals surface area contributed by atoms with Crippen LogP contribution in [0.3, 0.4) is 0 Å². The van der Waals surface area contributed by atoms with Crippen LogP contribution in [-0.2, 0) is 0 Å². The fourth-order valence-electron chi connectivity index (χ4n) is 1.66. The molecule has 0 aliphatic carbocycles. The van der Waals surface area contributed by atoms with E-state index in [0.29, 0.717) is 5.95 Å². The third kappa shape index (κ3) is 3.58. The number of para-hydroxylation sites is 2. The maximum absolute atomic E-state index is 5.29. The normalized spacial score (nSPS) is 10.6. The molecule has 0 aliphatic rings. The van der Waals surface area contributed by atoms with Crippen molar-refractivity contribution in [1.29, 1.82) is 0 Å². The van der Waals surface area contributed by atoms with Crippen LogP contribution in [-0.4, -0.2) is 22.3 Å². The van der Waals surface area contributed by atoms with Crippen molar-refractivity contribution in [2.45, 2.75) is 9.37 Å². The fourth-order valence-corrected chi connectivity index (χ4v) is 4.33. The molecule has 2 aromatic heterocycles. The highest BCUT2D eigenvalue weighted by Gasteiger charge is 2.09. The Morgan fingerprint density at radius 1 is 1.29 bits per heavy atom. The third-order valence-electron chi connectivity index (χ3n) is 2.56. The third-order valence-corrected chi connectivity index (χ3v) is 5.20. The minimum atomic E-state index is 0.512. The predicted octanol–water partition coefficient (Wildman–Crippen LogP) is 4.53. The lowest BCUT2D eigenvalue weighted by molar-refractivity contribution is 0.417. The lowest BCUT2D eigenvalue weighted by Gasteiger charge is -2.07. The molecule has 0 fully saturated rings. The molecule has 108 valence electrons. The molecule has 5 nitrogen and oxygen atoms in total. The van der Waals surface area contributed by atoms with Crippen LogP contribution >= 0.6 is 39.0 Å². The maximum atomic E-state index is 5.29. The summed E-state index contributed by atoms with van der Waals surface area (Å²) >= 11 is 6.63. The van der Waals surface area contributed by atoms with Crippen molar-refractivity contribution in [3.8, 4) is 5.75 Å². The molecule has 0 aliphatic heterocycles. The van der Waals surface area contributed by atoms with E-state index in [9.17, 15) is 0 Å². The zero-order valence-electron chi connectivity index (χ0n) is 11.0. The van der Waals surface area contributed by atoms with Crippen LogP contribution in [0.25, 0.3) is 0 Å². The van der Waals surface area contributed by atoms with Crippen molar-refractivity contribution in [3.63, 3.8) is 0 Å². The van der Waals surface area contributed by atoms with Crippen molar-refractivity contribution in [2.24, 2.45) is 0 Å². The first kappa shape index (κ1) is 14.4. The first-order chi connectivity index (χ1) is 10.2. The van der Waals surface area contributed by atoms with Crippen LogP contribution in [0, 0.1) is 0 Å². The quantitative estimate of drug-likeness (QED) is 0.678. The van der Waals surface area contributed by atoms with Gasteiger partial charge in [-0.1, -0.05) is 12.1 Å². The second-order valence-electron chi connectivity index (χ2n) is 3.95. The van der Waals surface area contributed by atoms with Crippen molar-refractivity contribution in [3.05, 3.63) is 40.2 Å². The molecule has 3 rings (SSSR count). The number of aromatic nitrogens is 3. The molecule has 1 aromatic carbocycles. The van der Waals surface area contributed by atoms with Crippen LogP contribution in [0.1, 0.15) is 0 Å². The average Bonchev–Trinajstić information content (AvgIpc) is 3.09. The molecular weight excluding hydrogens is 372 g/mol. The smallest absolute Gasteiger partial charge is 0.247 e. The lowest BCUT2D eigenvalue weighted by atomic mass is 10.3. The van der Waals surface area contributed by atoms with E-state index in [2.05, 4.69) is 36.4 Å². The van der Waals surface area contributed by atoms with Crippen LogP contribution in [0.4, 0.5) is 11.6 Å². The topological polar surface area (TPSA) is 62.8 Å². The molecule has 8 heteroatoms. The van der Waals surface area contributed by atoms with E-state index in [4.69, 9.17) is 4.74 Å². The van der Waals surface area contributed by atoms with E-state index >= 15 is 0 Å². The Balaban J connectivity index is 1.73. The molecule has 0 unspecified atom stereocenters. The number of thiophene rings is 1. The maximum Gasteiger partial charge on any atom is 0.247 e. The first-order valence-corrected chi connectivity index (χ1v) is 8.43. The average molecular weight is 383 g/mol. The molecule has 0 spiro atoms. The van der Waals surface area contributed by atoms with E-state index in [-0.39, 0.29) is 0 Å². The Morgan fingerprint density at radius 3 is 2.90 bits per heavy atom. The van der Waals surface area contributed by atoms with Gasteiger partial charge in [0, 0.05) is 0 Å². The molecule has 2 heterocycles. The Kier molecular flexibility index (Phi) is 4.47. The fraction of sp³-hybridized carbons (Fsp3) is 0.0769. The molecule has 3 aromatic rings. The summed E-state index contributed by atoms with van der Waals surface area (Å²) in [6, 6.07) is 11.7. The van der Waals surface area contributed by atoms with Crippen LogP contribution in [0.5, 0.6) is 5.75 Å². The molecule has 21 heavy (non-hydrogen) atoms. The van der Waals surface area contributed by atoms with Crippen molar-refractivity contribution < 1.29 is 4.74 Å². The summed E-state index contributed by atoms with van der Waals surface area (Å²) in [5.41, 5.74) is 0.828. The van der Waals surface area contributed by atoms with Crippen LogP contribution in [0.2, 0.25) is 0 Å². The van der Waals surface area contributed by atoms with Gasteiger partial charge in [0.2, 0.25) is 5.95 Å². The lowest BCUT2D eigenvalue weighted by Crippen LogP contribution is -1.95. The SMILES string of the molecule is COc1ccccc1Nc1n[nH]c(Sc2ccc(Br)s2)n1. The molecular formula is C13H11BrN4OS2. The largest absolute Gasteiger partial charge is 0.495 e. The Labute approximate surface area is 138 Å². The highest BCUT2D eigenvalue weighted by atomic mass is 79.9. The highest BCUT2D eigenvalue weighted by molar-refractivity contribution is 9.11. The summed E-state index contributed by atoms with van der Waals surface area (Å²) in [6.45, 7) is 0. The summed E-state index contributed by atoms with van der Waals surface area (Å²) in [5, 5.41) is 10.9. The molecule has 0 radical (unpaired) electrons. The van der Waals surface area contributed by atoms with Gasteiger partial charge in [-0.05, 0) is 52.0 Å². The van der Waals surface area contributed by atoms with Crippen LogP contribution < -0.4 is 10.1 Å². The van der Waals surface area contributed by atoms with Gasteiger partial charge in [0.15, 0.2) is 5.16 Å². The van der Waals surface area contributed by atoms with Crippen LogP contribution in [0.15, 0.2) is 49.6 Å². The van der Waals surface area contributed by atoms with E-state index in [0.717, 1.165) is 24.6 Å². The molecule has 0 amide bonds. The number of nitrogens with one attached hydrogen (secondary N) is 2. The van der Waals surface area contributed by atoms with Crippen molar-refractivity contribution >= 4 is 50.7 Å². The van der Waals surface area contributed by atoms with E-state index in [1.54, 1.807) is 18.4 Å². The van der Waals surface area contributed by atoms with E-state index in [1.807, 2.05) is 36.4 Å². The number of halogens is 1. The Morgan fingerprint density at radius 2 is 2.14 bits per heavy atom. The Hall–Kier alpha value is -1.51. The molecule has 0 saturated heterocycles. The summed E-state index contributed by atoms with van der Waals surface area (Å²) in [7, 11) is 1.63. The van der Waals surface area contributed by atoms with Gasteiger partial charge < -0.3 is 10.1 Å². The number of methoxy groups -OCH3 is 1. The number of H-pyrrole nitrogens is 1. The van der Waals surface area contributed by atoms with Crippen molar-refractivity contribution in [1.82, 2.24) is 15.2 Å². The van der Waals surface area contributed by atoms with E-state index < -0.39 is 0 Å². The first-order valence-electron chi connectivity index (χ1n) is 6.00. The molecule has 2 N–H and O–H groups in total.